The van der Waals surface area contributed by atoms with E-state index < -0.39 is 5.25 Å². The van der Waals surface area contributed by atoms with Crippen LogP contribution in [0.15, 0.2) is 58.3 Å². The van der Waals surface area contributed by atoms with E-state index in [0.29, 0.717) is 23.3 Å². The summed E-state index contributed by atoms with van der Waals surface area (Å²) in [6, 6.07) is 16.6. The topological polar surface area (TPSA) is 49.4 Å². The molecule has 30 heavy (non-hydrogen) atoms. The molecule has 0 spiro atoms. The van der Waals surface area contributed by atoms with Crippen LogP contribution in [0.2, 0.25) is 0 Å². The van der Waals surface area contributed by atoms with Crippen LogP contribution < -0.4 is 5.32 Å². The Morgan fingerprint density at radius 2 is 1.73 bits per heavy atom. The number of hydrogen-bond donors (Lipinski definition) is 1. The predicted molar refractivity (Wildman–Crippen MR) is 129 cm³/mol. The maximum atomic E-state index is 12.5. The molecule has 1 unspecified atom stereocenters. The molecule has 2 aromatic carbocycles. The second kappa shape index (κ2) is 10.5. The lowest BCUT2D eigenvalue weighted by molar-refractivity contribution is -0.129. The Kier molecular flexibility index (Phi) is 7.97. The van der Waals surface area contributed by atoms with E-state index in [1.54, 1.807) is 16.7 Å². The van der Waals surface area contributed by atoms with Crippen LogP contribution >= 0.6 is 35.7 Å². The molecule has 4 nitrogen and oxygen atoms in total. The highest BCUT2D eigenvalue weighted by Crippen LogP contribution is 2.30. The van der Waals surface area contributed by atoms with Crippen LogP contribution in [0.25, 0.3) is 0 Å². The van der Waals surface area contributed by atoms with Gasteiger partial charge in [-0.05, 0) is 42.7 Å². The van der Waals surface area contributed by atoms with Crippen LogP contribution in [0, 0.1) is 12.8 Å². The van der Waals surface area contributed by atoms with Gasteiger partial charge in [0.2, 0.25) is 11.8 Å². The molecule has 0 radical (unpaired) electrons. The van der Waals surface area contributed by atoms with Crippen molar-refractivity contribution in [2.45, 2.75) is 48.8 Å². The first-order valence-corrected chi connectivity index (χ1v) is 12.0. The molecule has 0 saturated carbocycles. The summed E-state index contributed by atoms with van der Waals surface area (Å²) >= 11 is 8.34. The number of thioether (sulfide) groups is 1. The van der Waals surface area contributed by atoms with Crippen molar-refractivity contribution in [1.82, 2.24) is 10.2 Å². The summed E-state index contributed by atoms with van der Waals surface area (Å²) in [6.45, 7) is 7.22. The number of rotatable bonds is 8. The summed E-state index contributed by atoms with van der Waals surface area (Å²) in [5, 5.41) is 2.51. The van der Waals surface area contributed by atoms with E-state index in [1.165, 1.54) is 22.2 Å². The summed E-state index contributed by atoms with van der Waals surface area (Å²) < 4.78 is 0.577. The number of thiocarbonyl (C=S) groups is 1. The maximum Gasteiger partial charge on any atom is 0.242 e. The van der Waals surface area contributed by atoms with E-state index in [4.69, 9.17) is 12.2 Å². The smallest absolute Gasteiger partial charge is 0.242 e. The number of benzene rings is 2. The van der Waals surface area contributed by atoms with Gasteiger partial charge in [0.15, 0.2) is 0 Å². The van der Waals surface area contributed by atoms with Gasteiger partial charge in [-0.2, -0.15) is 0 Å². The van der Waals surface area contributed by atoms with Crippen LogP contribution in [-0.4, -0.2) is 32.8 Å². The Balaban J connectivity index is 1.47. The monoisotopic (exact) mass is 458 g/mol. The Bertz CT molecular complexity index is 911. The number of amides is 2. The summed E-state index contributed by atoms with van der Waals surface area (Å²) in [4.78, 5) is 28.8. The number of carbonyl (C=O) groups is 2. The Labute approximate surface area is 192 Å². The lowest BCUT2D eigenvalue weighted by Gasteiger charge is -2.17. The van der Waals surface area contributed by atoms with Crippen molar-refractivity contribution in [2.24, 2.45) is 5.92 Å². The second-order valence-electron chi connectivity index (χ2n) is 7.76. The normalized spacial score (nSPS) is 16.4. The third-order valence-electron chi connectivity index (χ3n) is 4.59. The van der Waals surface area contributed by atoms with E-state index in [9.17, 15) is 9.59 Å². The van der Waals surface area contributed by atoms with Gasteiger partial charge in [0.05, 0.1) is 5.25 Å². The van der Waals surface area contributed by atoms with Crippen LogP contribution in [0.5, 0.6) is 0 Å². The van der Waals surface area contributed by atoms with Crippen molar-refractivity contribution in [3.05, 3.63) is 59.7 Å². The van der Waals surface area contributed by atoms with Gasteiger partial charge in [0.1, 0.15) is 4.32 Å². The highest BCUT2D eigenvalue weighted by atomic mass is 32.2. The summed E-state index contributed by atoms with van der Waals surface area (Å²) in [5.74, 6) is 0.159. The van der Waals surface area contributed by atoms with E-state index in [-0.39, 0.29) is 18.2 Å². The van der Waals surface area contributed by atoms with Gasteiger partial charge in [-0.25, -0.2) is 0 Å². The summed E-state index contributed by atoms with van der Waals surface area (Å²) in [5.41, 5.74) is 2.27. The van der Waals surface area contributed by atoms with Gasteiger partial charge < -0.3 is 5.32 Å². The first-order valence-electron chi connectivity index (χ1n) is 9.94. The lowest BCUT2D eigenvalue weighted by atomic mass is 10.2. The number of nitrogens with one attached hydrogen (secondary N) is 1. The Hall–Kier alpha value is -1.83. The zero-order chi connectivity index (χ0) is 21.7. The molecular weight excluding hydrogens is 432 g/mol. The standard InChI is InChI=1S/C23H26N2O2S3/c1-15(2)14-25-22(27)20(30-23(25)28)12-21(26)24-13-17-6-10-19(11-7-17)29-18-8-4-16(3)5-9-18/h4-11,15,20H,12-14H2,1-3H3,(H,24,26). The molecule has 7 heteroatoms. The van der Waals surface area contributed by atoms with E-state index >= 15 is 0 Å². The average molecular weight is 459 g/mol. The average Bonchev–Trinajstić information content (AvgIpc) is 2.96. The van der Waals surface area contributed by atoms with Crippen LogP contribution in [0.3, 0.4) is 0 Å². The zero-order valence-corrected chi connectivity index (χ0v) is 19.8. The fraction of sp³-hybridized carbons (Fsp3) is 0.348. The number of carbonyl (C=O) groups excluding carboxylic acids is 2. The molecule has 1 N–H and O–H groups in total. The number of aryl methyl sites for hydroxylation is 1. The molecular formula is C23H26N2O2S3. The molecule has 0 aromatic heterocycles. The minimum atomic E-state index is -0.412. The third-order valence-corrected chi connectivity index (χ3v) is 7.19. The van der Waals surface area contributed by atoms with Gasteiger partial charge in [-0.15, -0.1) is 0 Å². The molecule has 0 aliphatic carbocycles. The molecule has 2 aromatic rings. The number of hydrogen-bond acceptors (Lipinski definition) is 5. The SMILES string of the molecule is Cc1ccc(Sc2ccc(CNC(=O)CC3SC(=S)N(CC(C)C)C3=O)cc2)cc1. The quantitative estimate of drug-likeness (QED) is 0.562. The molecule has 0 bridgehead atoms. The Morgan fingerprint density at radius 3 is 2.33 bits per heavy atom. The predicted octanol–water partition coefficient (Wildman–Crippen LogP) is 5.04. The van der Waals surface area contributed by atoms with Crippen molar-refractivity contribution in [3.8, 4) is 0 Å². The van der Waals surface area contributed by atoms with Crippen molar-refractivity contribution in [1.29, 1.82) is 0 Å². The highest BCUT2D eigenvalue weighted by molar-refractivity contribution is 8.24. The molecule has 1 atom stereocenters. The van der Waals surface area contributed by atoms with E-state index in [1.807, 2.05) is 26.0 Å². The molecule has 158 valence electrons. The largest absolute Gasteiger partial charge is 0.352 e. The van der Waals surface area contributed by atoms with Crippen LogP contribution in [0.4, 0.5) is 0 Å². The van der Waals surface area contributed by atoms with Crippen LogP contribution in [-0.2, 0) is 16.1 Å². The fourth-order valence-corrected chi connectivity index (χ4v) is 5.34. The fourth-order valence-electron chi connectivity index (χ4n) is 3.02. The third kappa shape index (κ3) is 6.33. The molecule has 1 heterocycles. The first-order chi connectivity index (χ1) is 14.3. The minimum absolute atomic E-state index is 0.0497. The van der Waals surface area contributed by atoms with Crippen molar-refractivity contribution in [2.75, 3.05) is 6.54 Å². The van der Waals surface area contributed by atoms with Gasteiger partial charge in [-0.1, -0.05) is 79.4 Å². The maximum absolute atomic E-state index is 12.5. The number of nitrogens with zero attached hydrogens (tertiary/aromatic N) is 1. The van der Waals surface area contributed by atoms with E-state index in [0.717, 1.165) is 10.5 Å². The molecule has 2 amide bonds. The summed E-state index contributed by atoms with van der Waals surface area (Å²) in [7, 11) is 0. The molecule has 3 rings (SSSR count). The second-order valence-corrected chi connectivity index (χ2v) is 10.7. The van der Waals surface area contributed by atoms with Gasteiger partial charge in [-0.3, -0.25) is 14.5 Å². The minimum Gasteiger partial charge on any atom is -0.352 e. The van der Waals surface area contributed by atoms with Gasteiger partial charge in [0, 0.05) is 29.3 Å². The summed E-state index contributed by atoms with van der Waals surface area (Å²) in [6.07, 6.45) is 0.152. The zero-order valence-electron chi connectivity index (χ0n) is 17.4. The van der Waals surface area contributed by atoms with Crippen molar-refractivity contribution in [3.63, 3.8) is 0 Å². The molecule has 1 fully saturated rings. The van der Waals surface area contributed by atoms with Crippen molar-refractivity contribution >= 4 is 51.9 Å². The van der Waals surface area contributed by atoms with Crippen molar-refractivity contribution < 1.29 is 9.59 Å². The Morgan fingerprint density at radius 1 is 1.13 bits per heavy atom. The molecule has 1 aliphatic heterocycles. The van der Waals surface area contributed by atoms with E-state index in [2.05, 4.69) is 48.6 Å². The van der Waals surface area contributed by atoms with Gasteiger partial charge in [0.25, 0.3) is 0 Å². The molecule has 1 saturated heterocycles. The first kappa shape index (κ1) is 22.8. The van der Waals surface area contributed by atoms with Crippen LogP contribution in [0.1, 0.15) is 31.4 Å². The molecule has 1 aliphatic rings. The highest BCUT2D eigenvalue weighted by Gasteiger charge is 2.38. The lowest BCUT2D eigenvalue weighted by Crippen LogP contribution is -2.36. The van der Waals surface area contributed by atoms with Gasteiger partial charge >= 0.3 is 0 Å².